The lowest BCUT2D eigenvalue weighted by Crippen LogP contribution is -1.97. The molecule has 0 bridgehead atoms. The molecule has 4 heteroatoms. The summed E-state index contributed by atoms with van der Waals surface area (Å²) >= 11 is 0. The zero-order chi connectivity index (χ0) is 12.4. The van der Waals surface area contributed by atoms with Crippen molar-refractivity contribution in [2.75, 3.05) is 13.2 Å². The average Bonchev–Trinajstić information content (AvgIpc) is 3.10. The first-order valence-electron chi connectivity index (χ1n) is 5.75. The lowest BCUT2D eigenvalue weighted by Gasteiger charge is -2.09. The van der Waals surface area contributed by atoms with E-state index in [1.54, 1.807) is 12.1 Å². The van der Waals surface area contributed by atoms with Crippen molar-refractivity contribution in [3.63, 3.8) is 0 Å². The molecule has 0 radical (unpaired) electrons. The first kappa shape index (κ1) is 11.2. The Balaban J connectivity index is 1.83. The SMILES string of the molecule is O=Cc1ccc(-c2ccc(C3OCCO3)cc2)o1. The van der Waals surface area contributed by atoms with Gasteiger partial charge in [0.05, 0.1) is 13.2 Å². The molecule has 0 aliphatic carbocycles. The van der Waals surface area contributed by atoms with Crippen molar-refractivity contribution in [3.05, 3.63) is 47.7 Å². The number of rotatable bonds is 3. The van der Waals surface area contributed by atoms with Crippen LogP contribution in [0.2, 0.25) is 0 Å². The normalized spacial score (nSPS) is 16.0. The molecule has 0 atom stereocenters. The maximum Gasteiger partial charge on any atom is 0.185 e. The van der Waals surface area contributed by atoms with Crippen molar-refractivity contribution in [1.82, 2.24) is 0 Å². The second kappa shape index (κ2) is 4.76. The van der Waals surface area contributed by atoms with Crippen LogP contribution in [0.4, 0.5) is 0 Å². The topological polar surface area (TPSA) is 48.7 Å². The fourth-order valence-electron chi connectivity index (χ4n) is 1.93. The summed E-state index contributed by atoms with van der Waals surface area (Å²) in [4.78, 5) is 10.6. The van der Waals surface area contributed by atoms with Gasteiger partial charge in [-0.2, -0.15) is 0 Å². The number of carbonyl (C=O) groups excluding carboxylic acids is 1. The standard InChI is InChI=1S/C14H12O4/c15-9-12-5-6-13(18-12)10-1-3-11(4-2-10)14-16-7-8-17-14/h1-6,9,14H,7-8H2. The Morgan fingerprint density at radius 1 is 1.00 bits per heavy atom. The van der Waals surface area contributed by atoms with E-state index in [9.17, 15) is 4.79 Å². The third kappa shape index (κ3) is 2.08. The van der Waals surface area contributed by atoms with Crippen molar-refractivity contribution in [2.24, 2.45) is 0 Å². The Hall–Kier alpha value is -1.91. The van der Waals surface area contributed by atoms with Crippen molar-refractivity contribution in [2.45, 2.75) is 6.29 Å². The van der Waals surface area contributed by atoms with E-state index in [1.165, 1.54) is 0 Å². The van der Waals surface area contributed by atoms with Gasteiger partial charge < -0.3 is 13.9 Å². The molecule has 1 aromatic carbocycles. The Morgan fingerprint density at radius 2 is 1.72 bits per heavy atom. The maximum absolute atomic E-state index is 10.6. The molecule has 1 fully saturated rings. The third-order valence-corrected chi connectivity index (χ3v) is 2.83. The molecule has 1 aliphatic rings. The van der Waals surface area contributed by atoms with Crippen LogP contribution in [-0.2, 0) is 9.47 Å². The minimum Gasteiger partial charge on any atom is -0.453 e. The Bertz CT molecular complexity index is 535. The van der Waals surface area contributed by atoms with E-state index >= 15 is 0 Å². The molecule has 0 amide bonds. The number of benzene rings is 1. The maximum atomic E-state index is 10.6. The predicted molar refractivity (Wildman–Crippen MR) is 64.2 cm³/mol. The first-order chi connectivity index (χ1) is 8.86. The summed E-state index contributed by atoms with van der Waals surface area (Å²) in [6.07, 6.45) is 0.430. The van der Waals surface area contributed by atoms with Crippen LogP contribution in [0, 0.1) is 0 Å². The predicted octanol–water partition coefficient (Wildman–Crippen LogP) is 2.80. The van der Waals surface area contributed by atoms with Crippen LogP contribution in [0.15, 0.2) is 40.8 Å². The number of hydrogen-bond donors (Lipinski definition) is 0. The summed E-state index contributed by atoms with van der Waals surface area (Å²) in [5, 5.41) is 0. The molecule has 0 spiro atoms. The van der Waals surface area contributed by atoms with Gasteiger partial charge in [-0.05, 0) is 12.1 Å². The monoisotopic (exact) mass is 244 g/mol. The highest BCUT2D eigenvalue weighted by molar-refractivity contribution is 5.72. The third-order valence-electron chi connectivity index (χ3n) is 2.83. The molecule has 0 N–H and O–H groups in total. The van der Waals surface area contributed by atoms with Crippen LogP contribution in [0.25, 0.3) is 11.3 Å². The van der Waals surface area contributed by atoms with Gasteiger partial charge in [0.25, 0.3) is 0 Å². The van der Waals surface area contributed by atoms with Crippen molar-refractivity contribution < 1.29 is 18.7 Å². The van der Waals surface area contributed by atoms with Gasteiger partial charge in [-0.3, -0.25) is 4.79 Å². The fourth-order valence-corrected chi connectivity index (χ4v) is 1.93. The Morgan fingerprint density at radius 3 is 2.33 bits per heavy atom. The quantitative estimate of drug-likeness (QED) is 0.779. The second-order valence-corrected chi connectivity index (χ2v) is 4.02. The zero-order valence-corrected chi connectivity index (χ0v) is 9.67. The highest BCUT2D eigenvalue weighted by Gasteiger charge is 2.18. The van der Waals surface area contributed by atoms with Gasteiger partial charge in [0.1, 0.15) is 5.76 Å². The van der Waals surface area contributed by atoms with Gasteiger partial charge in [0, 0.05) is 11.1 Å². The van der Waals surface area contributed by atoms with Gasteiger partial charge in [-0.25, -0.2) is 0 Å². The molecule has 0 saturated carbocycles. The van der Waals surface area contributed by atoms with Crippen LogP contribution in [0.1, 0.15) is 22.4 Å². The first-order valence-corrected chi connectivity index (χ1v) is 5.75. The van der Waals surface area contributed by atoms with Crippen molar-refractivity contribution in [1.29, 1.82) is 0 Å². The van der Waals surface area contributed by atoms with Crippen LogP contribution < -0.4 is 0 Å². The van der Waals surface area contributed by atoms with E-state index < -0.39 is 0 Å². The number of ether oxygens (including phenoxy) is 2. The molecular formula is C14H12O4. The van der Waals surface area contributed by atoms with E-state index in [4.69, 9.17) is 13.9 Å². The van der Waals surface area contributed by atoms with Gasteiger partial charge >= 0.3 is 0 Å². The van der Waals surface area contributed by atoms with E-state index in [2.05, 4.69) is 0 Å². The second-order valence-electron chi connectivity index (χ2n) is 4.02. The van der Waals surface area contributed by atoms with Crippen LogP contribution in [0.3, 0.4) is 0 Å². The van der Waals surface area contributed by atoms with Gasteiger partial charge in [-0.15, -0.1) is 0 Å². The molecule has 1 saturated heterocycles. The molecule has 3 rings (SSSR count). The van der Waals surface area contributed by atoms with Gasteiger partial charge in [0.15, 0.2) is 18.3 Å². The number of furan rings is 1. The number of aldehydes is 1. The summed E-state index contributed by atoms with van der Waals surface area (Å²) in [5.41, 5.74) is 1.91. The molecular weight excluding hydrogens is 232 g/mol. The van der Waals surface area contributed by atoms with Crippen LogP contribution in [0.5, 0.6) is 0 Å². The van der Waals surface area contributed by atoms with Crippen molar-refractivity contribution >= 4 is 6.29 Å². The molecule has 0 unspecified atom stereocenters. The fraction of sp³-hybridized carbons (Fsp3) is 0.214. The Labute approximate surface area is 104 Å². The smallest absolute Gasteiger partial charge is 0.185 e. The molecule has 18 heavy (non-hydrogen) atoms. The van der Waals surface area contributed by atoms with Gasteiger partial charge in [-0.1, -0.05) is 24.3 Å². The summed E-state index contributed by atoms with van der Waals surface area (Å²) < 4.78 is 16.2. The van der Waals surface area contributed by atoms with Crippen molar-refractivity contribution in [3.8, 4) is 11.3 Å². The minimum atomic E-state index is -0.263. The summed E-state index contributed by atoms with van der Waals surface area (Å²) in [6.45, 7) is 1.26. The minimum absolute atomic E-state index is 0.263. The lowest BCUT2D eigenvalue weighted by molar-refractivity contribution is -0.0441. The molecule has 2 heterocycles. The number of carbonyl (C=O) groups is 1. The summed E-state index contributed by atoms with van der Waals surface area (Å²) in [7, 11) is 0. The molecule has 92 valence electrons. The van der Waals surface area contributed by atoms with Crippen LogP contribution in [-0.4, -0.2) is 19.5 Å². The van der Waals surface area contributed by atoms with E-state index in [0.29, 0.717) is 31.0 Å². The molecule has 2 aromatic rings. The molecule has 1 aromatic heterocycles. The highest BCUT2D eigenvalue weighted by Crippen LogP contribution is 2.27. The highest BCUT2D eigenvalue weighted by atomic mass is 16.7. The van der Waals surface area contributed by atoms with E-state index in [1.807, 2.05) is 24.3 Å². The zero-order valence-electron chi connectivity index (χ0n) is 9.67. The largest absolute Gasteiger partial charge is 0.453 e. The summed E-state index contributed by atoms with van der Waals surface area (Å²) in [6, 6.07) is 11.2. The lowest BCUT2D eigenvalue weighted by atomic mass is 10.1. The van der Waals surface area contributed by atoms with Crippen LogP contribution >= 0.6 is 0 Å². The van der Waals surface area contributed by atoms with E-state index in [-0.39, 0.29) is 6.29 Å². The Kier molecular flexibility index (Phi) is 2.96. The van der Waals surface area contributed by atoms with Gasteiger partial charge in [0.2, 0.25) is 0 Å². The number of hydrogen-bond acceptors (Lipinski definition) is 4. The summed E-state index contributed by atoms with van der Waals surface area (Å²) in [5.74, 6) is 1.01. The molecule has 1 aliphatic heterocycles. The van der Waals surface area contributed by atoms with E-state index in [0.717, 1.165) is 11.1 Å². The average molecular weight is 244 g/mol. The molecule has 4 nitrogen and oxygen atoms in total.